The van der Waals surface area contributed by atoms with E-state index in [4.69, 9.17) is 18.9 Å². The minimum absolute atomic E-state index is 0.243. The average Bonchev–Trinajstić information content (AvgIpc) is 3.31. The zero-order valence-electron chi connectivity index (χ0n) is 19.4. The van der Waals surface area contributed by atoms with Gasteiger partial charge in [-0.25, -0.2) is 0 Å². The van der Waals surface area contributed by atoms with Crippen LogP contribution in [0.2, 0.25) is 0 Å². The number of hydrogen-bond donors (Lipinski definition) is 0. The first-order valence-electron chi connectivity index (χ1n) is 11.1. The number of imide groups is 1. The molecule has 2 saturated heterocycles. The van der Waals surface area contributed by atoms with E-state index in [0.717, 1.165) is 10.5 Å². The zero-order valence-corrected chi connectivity index (χ0v) is 19.4. The summed E-state index contributed by atoms with van der Waals surface area (Å²) in [6.07, 6.45) is -0.498. The molecule has 178 valence electrons. The van der Waals surface area contributed by atoms with Crippen LogP contribution in [0.25, 0.3) is 0 Å². The van der Waals surface area contributed by atoms with Crippen LogP contribution in [0.5, 0.6) is 11.5 Å². The highest BCUT2D eigenvalue weighted by molar-refractivity contribution is 6.23. The van der Waals surface area contributed by atoms with Crippen molar-refractivity contribution in [2.45, 2.75) is 44.4 Å². The van der Waals surface area contributed by atoms with E-state index in [1.54, 1.807) is 69.4 Å². The minimum Gasteiger partial charge on any atom is -0.493 e. The number of methoxy groups -OCH3 is 2. The maximum Gasteiger partial charge on any atom is 0.262 e. The second kappa shape index (κ2) is 8.11. The van der Waals surface area contributed by atoms with E-state index >= 15 is 0 Å². The summed E-state index contributed by atoms with van der Waals surface area (Å²) in [4.78, 5) is 42.4. The van der Waals surface area contributed by atoms with Crippen molar-refractivity contribution in [2.24, 2.45) is 0 Å². The van der Waals surface area contributed by atoms with Crippen molar-refractivity contribution in [3.63, 3.8) is 0 Å². The number of fused-ring (bicyclic) bond motifs is 1. The highest BCUT2D eigenvalue weighted by atomic mass is 16.7. The van der Waals surface area contributed by atoms with Gasteiger partial charge in [0.15, 0.2) is 17.3 Å². The van der Waals surface area contributed by atoms with Gasteiger partial charge in [0.05, 0.1) is 38.0 Å². The summed E-state index contributed by atoms with van der Waals surface area (Å²) in [6.45, 7) is 4.09. The number of rotatable bonds is 6. The molecule has 0 radical (unpaired) electrons. The minimum atomic E-state index is -0.963. The Morgan fingerprint density at radius 3 is 2.18 bits per heavy atom. The Morgan fingerprint density at radius 1 is 0.971 bits per heavy atom. The fourth-order valence-electron chi connectivity index (χ4n) is 4.92. The number of hydrogen-bond acceptors (Lipinski definition) is 7. The van der Waals surface area contributed by atoms with Crippen LogP contribution in [0.3, 0.4) is 0 Å². The normalized spacial score (nSPS) is 25.4. The molecular formula is C25H26N2O7. The lowest BCUT2D eigenvalue weighted by atomic mass is 9.88. The molecule has 2 aromatic carbocycles. The Balaban J connectivity index is 1.46. The van der Waals surface area contributed by atoms with Gasteiger partial charge in [0.1, 0.15) is 12.1 Å². The van der Waals surface area contributed by atoms with Crippen LogP contribution >= 0.6 is 0 Å². The van der Waals surface area contributed by atoms with Crippen LogP contribution in [0.4, 0.5) is 0 Å². The van der Waals surface area contributed by atoms with Crippen LogP contribution in [0.1, 0.15) is 40.1 Å². The van der Waals surface area contributed by atoms with Gasteiger partial charge in [0.2, 0.25) is 5.91 Å². The molecule has 0 aromatic heterocycles. The number of carbonyl (C=O) groups excluding carboxylic acids is 3. The molecule has 3 aliphatic rings. The summed E-state index contributed by atoms with van der Waals surface area (Å²) >= 11 is 0. The Bertz CT molecular complexity index is 1140. The molecule has 2 aromatic rings. The van der Waals surface area contributed by atoms with Gasteiger partial charge < -0.3 is 23.8 Å². The highest BCUT2D eigenvalue weighted by Crippen LogP contribution is 2.39. The molecule has 3 aliphatic heterocycles. The Hall–Kier alpha value is -3.43. The molecule has 3 unspecified atom stereocenters. The first-order valence-corrected chi connectivity index (χ1v) is 11.1. The molecule has 0 saturated carbocycles. The van der Waals surface area contributed by atoms with E-state index in [1.165, 1.54) is 0 Å². The highest BCUT2D eigenvalue weighted by Gasteiger charge is 2.60. The molecular weight excluding hydrogens is 440 g/mol. The van der Waals surface area contributed by atoms with Gasteiger partial charge in [-0.2, -0.15) is 0 Å². The molecule has 0 bridgehead atoms. The van der Waals surface area contributed by atoms with Gasteiger partial charge >= 0.3 is 0 Å². The molecule has 0 N–H and O–H groups in total. The largest absolute Gasteiger partial charge is 0.493 e. The quantitative estimate of drug-likeness (QED) is 0.476. The second-order valence-electron chi connectivity index (χ2n) is 8.98. The number of β-lactam (4-membered cyclic amide) rings is 1. The molecule has 3 atom stereocenters. The molecule has 0 spiro atoms. The lowest BCUT2D eigenvalue weighted by Gasteiger charge is -2.51. The third kappa shape index (κ3) is 3.43. The summed E-state index contributed by atoms with van der Waals surface area (Å²) in [5, 5.41) is 0. The van der Waals surface area contributed by atoms with E-state index in [0.29, 0.717) is 22.6 Å². The molecule has 2 fully saturated rings. The fraction of sp³-hybridized carbons (Fsp3) is 0.400. The Labute approximate surface area is 197 Å². The monoisotopic (exact) mass is 466 g/mol. The summed E-state index contributed by atoms with van der Waals surface area (Å²) in [6, 6.07) is 10.5. The van der Waals surface area contributed by atoms with E-state index in [9.17, 15) is 14.4 Å². The average molecular weight is 466 g/mol. The summed E-state index contributed by atoms with van der Waals surface area (Å²) < 4.78 is 22.5. The second-order valence-corrected chi connectivity index (χ2v) is 8.98. The smallest absolute Gasteiger partial charge is 0.262 e. The van der Waals surface area contributed by atoms with Crippen LogP contribution in [-0.4, -0.2) is 72.3 Å². The first kappa shape index (κ1) is 22.4. The fourth-order valence-corrected chi connectivity index (χ4v) is 4.92. The van der Waals surface area contributed by atoms with Crippen LogP contribution in [-0.2, 0) is 20.8 Å². The number of carbonyl (C=O) groups is 3. The number of ether oxygens (including phenoxy) is 4. The third-order valence-electron chi connectivity index (χ3n) is 6.54. The Morgan fingerprint density at radius 2 is 1.62 bits per heavy atom. The van der Waals surface area contributed by atoms with Gasteiger partial charge in [-0.3, -0.25) is 19.3 Å². The van der Waals surface area contributed by atoms with E-state index in [1.807, 2.05) is 6.07 Å². The number of amides is 3. The van der Waals surface area contributed by atoms with Crippen molar-refractivity contribution in [1.82, 2.24) is 9.80 Å². The van der Waals surface area contributed by atoms with Crippen molar-refractivity contribution in [1.29, 1.82) is 0 Å². The molecule has 34 heavy (non-hydrogen) atoms. The van der Waals surface area contributed by atoms with Crippen molar-refractivity contribution in [3.8, 4) is 11.5 Å². The Kier molecular flexibility index (Phi) is 5.33. The zero-order chi connectivity index (χ0) is 24.2. The predicted molar refractivity (Wildman–Crippen MR) is 120 cm³/mol. The van der Waals surface area contributed by atoms with Gasteiger partial charge in [0.25, 0.3) is 11.8 Å². The predicted octanol–water partition coefficient (Wildman–Crippen LogP) is 2.23. The van der Waals surface area contributed by atoms with Crippen molar-refractivity contribution in [2.75, 3.05) is 20.8 Å². The van der Waals surface area contributed by atoms with Gasteiger partial charge in [-0.05, 0) is 43.7 Å². The third-order valence-corrected chi connectivity index (χ3v) is 6.54. The maximum absolute atomic E-state index is 13.4. The summed E-state index contributed by atoms with van der Waals surface area (Å²) in [7, 11) is 3.10. The lowest BCUT2D eigenvalue weighted by molar-refractivity contribution is -0.179. The molecule has 0 aliphatic carbocycles. The first-order chi connectivity index (χ1) is 16.3. The number of benzene rings is 2. The van der Waals surface area contributed by atoms with E-state index in [2.05, 4.69) is 0 Å². The number of likely N-dealkylation sites (tertiary alicyclic amines) is 1. The van der Waals surface area contributed by atoms with E-state index in [-0.39, 0.29) is 19.1 Å². The van der Waals surface area contributed by atoms with E-state index < -0.39 is 35.8 Å². The lowest BCUT2D eigenvalue weighted by Crippen LogP contribution is -2.74. The van der Waals surface area contributed by atoms with Crippen molar-refractivity contribution in [3.05, 3.63) is 59.2 Å². The van der Waals surface area contributed by atoms with Crippen LogP contribution in [0.15, 0.2) is 42.5 Å². The van der Waals surface area contributed by atoms with Gasteiger partial charge in [-0.15, -0.1) is 0 Å². The van der Waals surface area contributed by atoms with Crippen LogP contribution in [0, 0.1) is 0 Å². The molecule has 3 amide bonds. The standard InChI is InChI=1S/C25H26N2O7/c1-25(2)33-13-19(34-25)20-21(27-22(28)15-7-5-6-8-16(15)23(27)29)24(30)26(20)12-14-9-10-17(31-3)18(11-14)32-4/h5-11,19-21H,12-13H2,1-4H3. The number of nitrogens with zero attached hydrogens (tertiary/aromatic N) is 2. The van der Waals surface area contributed by atoms with Gasteiger partial charge in [0, 0.05) is 6.54 Å². The maximum atomic E-state index is 13.4. The topological polar surface area (TPSA) is 94.6 Å². The molecule has 9 nitrogen and oxygen atoms in total. The van der Waals surface area contributed by atoms with Crippen molar-refractivity contribution >= 4 is 17.7 Å². The van der Waals surface area contributed by atoms with Crippen LogP contribution < -0.4 is 9.47 Å². The van der Waals surface area contributed by atoms with Crippen molar-refractivity contribution < 1.29 is 33.3 Å². The molecule has 5 rings (SSSR count). The molecule has 3 heterocycles. The SMILES string of the molecule is COc1ccc(CN2C(=O)C(N3C(=O)c4ccccc4C3=O)C2C2COC(C)(C)O2)cc1OC. The van der Waals surface area contributed by atoms with Gasteiger partial charge in [-0.1, -0.05) is 18.2 Å². The summed E-state index contributed by atoms with van der Waals surface area (Å²) in [5.74, 6) is -0.951. The molecule has 9 heteroatoms. The summed E-state index contributed by atoms with van der Waals surface area (Å²) in [5.41, 5.74) is 1.43.